The fourth-order valence-corrected chi connectivity index (χ4v) is 12.3. The predicted octanol–water partition coefficient (Wildman–Crippen LogP) is 14.2. The molecule has 0 saturated heterocycles. The first-order chi connectivity index (χ1) is 31.3. The number of hydrogen-bond acceptors (Lipinski definition) is 3. The molecule has 0 unspecified atom stereocenters. The van der Waals surface area contributed by atoms with E-state index in [1.54, 1.807) is 0 Å². The first-order valence-corrected chi connectivity index (χ1v) is 22.6. The van der Waals surface area contributed by atoms with Crippen molar-refractivity contribution in [2.45, 2.75) is 38.5 Å². The van der Waals surface area contributed by atoms with Crippen molar-refractivity contribution in [2.24, 2.45) is 0 Å². The van der Waals surface area contributed by atoms with Crippen LogP contribution in [0.1, 0.15) is 54.2 Å². The van der Waals surface area contributed by atoms with Crippen molar-refractivity contribution in [1.29, 1.82) is 0 Å². The molecule has 1 aliphatic carbocycles. The number of para-hydroxylation sites is 3. The normalized spacial score (nSPS) is 14.6. The van der Waals surface area contributed by atoms with Gasteiger partial charge in [-0.05, 0) is 115 Å². The number of nitrogens with zero attached hydrogens (tertiary/aromatic N) is 2. The third-order valence-electron chi connectivity index (χ3n) is 14.8. The Kier molecular flexibility index (Phi) is 7.05. The van der Waals surface area contributed by atoms with E-state index in [2.05, 4.69) is 225 Å². The Morgan fingerprint density at radius 3 is 1.94 bits per heavy atom. The van der Waals surface area contributed by atoms with Gasteiger partial charge in [-0.25, -0.2) is 0 Å². The monoisotopic (exact) mass is 818 g/mol. The second-order valence-corrected chi connectivity index (χ2v) is 19.2. The molecule has 4 aliphatic rings. The summed E-state index contributed by atoms with van der Waals surface area (Å²) >= 11 is 0. The Labute approximate surface area is 374 Å². The quantitative estimate of drug-likeness (QED) is 0.162. The SMILES string of the molecule is Cc1cc2c3c(c1)N(c1ccc(C(C)(C)C)cc1-c1ccccc1)c1c(ccc4oc5ccccc5c14)B3N1c3ccccc3C3(c4ccccc4-c4ccccc43)c3cccc-2c31. The molecule has 302 valence electrons. The molecule has 1 aromatic heterocycles. The van der Waals surface area contributed by atoms with Crippen LogP contribution in [0, 0.1) is 6.92 Å². The van der Waals surface area contributed by atoms with Gasteiger partial charge in [-0.1, -0.05) is 172 Å². The molecular weight excluding hydrogens is 775 g/mol. The van der Waals surface area contributed by atoms with Crippen LogP contribution in [0.3, 0.4) is 0 Å². The van der Waals surface area contributed by atoms with Crippen LogP contribution in [0.5, 0.6) is 0 Å². The lowest BCUT2D eigenvalue weighted by Gasteiger charge is -2.52. The van der Waals surface area contributed by atoms with Gasteiger partial charge in [0.15, 0.2) is 0 Å². The highest BCUT2D eigenvalue weighted by atomic mass is 16.3. The zero-order valence-electron chi connectivity index (χ0n) is 36.3. The molecule has 64 heavy (non-hydrogen) atoms. The molecular formula is C60H43BN2O. The van der Waals surface area contributed by atoms with Crippen LogP contribution in [-0.4, -0.2) is 6.85 Å². The predicted molar refractivity (Wildman–Crippen MR) is 267 cm³/mol. The number of anilines is 5. The summed E-state index contributed by atoms with van der Waals surface area (Å²) in [7, 11) is 0. The summed E-state index contributed by atoms with van der Waals surface area (Å²) < 4.78 is 6.79. The lowest BCUT2D eigenvalue weighted by Crippen LogP contribution is -2.63. The Bertz CT molecular complexity index is 3600. The Morgan fingerprint density at radius 1 is 0.484 bits per heavy atom. The smallest absolute Gasteiger partial charge is 0.333 e. The van der Waals surface area contributed by atoms with Gasteiger partial charge in [0, 0.05) is 33.6 Å². The largest absolute Gasteiger partial charge is 0.456 e. The van der Waals surface area contributed by atoms with Crippen LogP contribution < -0.4 is 20.6 Å². The second kappa shape index (κ2) is 12.5. The summed E-state index contributed by atoms with van der Waals surface area (Å²) in [6.07, 6.45) is 0. The molecule has 0 atom stereocenters. The molecule has 0 saturated carbocycles. The fourth-order valence-electron chi connectivity index (χ4n) is 12.3. The van der Waals surface area contributed by atoms with Crippen LogP contribution in [0.2, 0.25) is 0 Å². The Morgan fingerprint density at radius 2 is 1.16 bits per heavy atom. The van der Waals surface area contributed by atoms with Gasteiger partial charge in [-0.2, -0.15) is 0 Å². The van der Waals surface area contributed by atoms with Crippen molar-refractivity contribution >= 4 is 68.1 Å². The molecule has 14 rings (SSSR count). The lowest BCUT2D eigenvalue weighted by molar-refractivity contribution is 0.590. The van der Waals surface area contributed by atoms with E-state index >= 15 is 0 Å². The first kappa shape index (κ1) is 36.0. The van der Waals surface area contributed by atoms with Crippen molar-refractivity contribution in [2.75, 3.05) is 9.71 Å². The minimum absolute atomic E-state index is 0.0374. The second-order valence-electron chi connectivity index (χ2n) is 19.2. The summed E-state index contributed by atoms with van der Waals surface area (Å²) in [5.41, 5.74) is 25.4. The average Bonchev–Trinajstić information content (AvgIpc) is 3.85. The van der Waals surface area contributed by atoms with E-state index in [0.717, 1.165) is 27.6 Å². The number of benzene rings is 9. The van der Waals surface area contributed by atoms with Gasteiger partial charge in [0.1, 0.15) is 11.2 Å². The van der Waals surface area contributed by atoms with Crippen molar-refractivity contribution in [3.8, 4) is 33.4 Å². The summed E-state index contributed by atoms with van der Waals surface area (Å²) in [5, 5.41) is 2.26. The standard InChI is InChI=1S/C60H43BN2O/c1-36-33-44-41-22-16-26-48-57(41)63(51-27-14-13-25-47(51)60(48)45-23-11-8-19-39(45)40-20-9-12-24-46(40)60)61-49-30-32-54-55(42-21-10-15-28-53(42)64-54)58(49)62(52(34-36)56(44)61)50-31-29-38(59(2,3)4)35-43(50)37-17-6-5-7-18-37/h5-35H,1-4H3. The van der Waals surface area contributed by atoms with Gasteiger partial charge < -0.3 is 14.1 Å². The minimum atomic E-state index is -0.497. The highest BCUT2D eigenvalue weighted by molar-refractivity contribution is 6.94. The van der Waals surface area contributed by atoms with Crippen LogP contribution in [0.4, 0.5) is 28.4 Å². The van der Waals surface area contributed by atoms with Gasteiger partial charge in [-0.3, -0.25) is 0 Å². The third kappa shape index (κ3) is 4.47. The summed E-state index contributed by atoms with van der Waals surface area (Å²) in [6, 6.07) is 70.8. The van der Waals surface area contributed by atoms with Gasteiger partial charge in [0.25, 0.3) is 0 Å². The van der Waals surface area contributed by atoms with Gasteiger partial charge >= 0.3 is 6.85 Å². The summed E-state index contributed by atoms with van der Waals surface area (Å²) in [4.78, 5) is 5.33. The highest BCUT2D eigenvalue weighted by Gasteiger charge is 2.56. The van der Waals surface area contributed by atoms with Crippen LogP contribution in [-0.2, 0) is 10.8 Å². The molecule has 10 aromatic rings. The van der Waals surface area contributed by atoms with E-state index in [0.29, 0.717) is 0 Å². The number of fused-ring (bicyclic) bond motifs is 17. The molecule has 9 aromatic carbocycles. The van der Waals surface area contributed by atoms with Crippen molar-refractivity contribution in [3.63, 3.8) is 0 Å². The van der Waals surface area contributed by atoms with Crippen LogP contribution in [0.25, 0.3) is 55.3 Å². The third-order valence-corrected chi connectivity index (χ3v) is 14.8. The van der Waals surface area contributed by atoms with E-state index in [1.165, 1.54) is 100 Å². The highest BCUT2D eigenvalue weighted by Crippen LogP contribution is 2.65. The van der Waals surface area contributed by atoms with Crippen LogP contribution >= 0.6 is 0 Å². The molecule has 3 aliphatic heterocycles. The molecule has 4 heteroatoms. The Balaban J connectivity index is 1.15. The molecule has 0 amide bonds. The minimum Gasteiger partial charge on any atom is -0.456 e. The van der Waals surface area contributed by atoms with Gasteiger partial charge in [0.05, 0.1) is 22.2 Å². The molecule has 0 radical (unpaired) electrons. The van der Waals surface area contributed by atoms with Crippen molar-refractivity contribution < 1.29 is 4.42 Å². The zero-order valence-corrected chi connectivity index (χ0v) is 36.3. The molecule has 1 spiro atoms. The fraction of sp³-hybridized carbons (Fsp3) is 0.100. The van der Waals surface area contributed by atoms with E-state index < -0.39 is 5.41 Å². The van der Waals surface area contributed by atoms with E-state index in [4.69, 9.17) is 4.42 Å². The maximum atomic E-state index is 6.79. The molecule has 3 nitrogen and oxygen atoms in total. The number of hydrogen-bond donors (Lipinski definition) is 0. The van der Waals surface area contributed by atoms with Crippen molar-refractivity contribution in [1.82, 2.24) is 0 Å². The molecule has 0 fully saturated rings. The van der Waals surface area contributed by atoms with Gasteiger partial charge in [0.2, 0.25) is 0 Å². The lowest BCUT2D eigenvalue weighted by atomic mass is 9.42. The number of aryl methyl sites for hydroxylation is 1. The Hall–Kier alpha value is -7.56. The maximum absolute atomic E-state index is 6.79. The van der Waals surface area contributed by atoms with E-state index in [9.17, 15) is 0 Å². The van der Waals surface area contributed by atoms with Gasteiger partial charge in [-0.15, -0.1) is 0 Å². The zero-order chi connectivity index (χ0) is 42.6. The van der Waals surface area contributed by atoms with Crippen molar-refractivity contribution in [3.05, 3.63) is 221 Å². The maximum Gasteiger partial charge on any atom is 0.333 e. The number of furan rings is 1. The summed E-state index contributed by atoms with van der Waals surface area (Å²) in [6.45, 7) is 9.07. The van der Waals surface area contributed by atoms with Crippen LogP contribution in [0.15, 0.2) is 192 Å². The van der Waals surface area contributed by atoms with E-state index in [1.807, 2.05) is 0 Å². The number of rotatable bonds is 2. The molecule has 4 heterocycles. The van der Waals surface area contributed by atoms with E-state index in [-0.39, 0.29) is 12.3 Å². The topological polar surface area (TPSA) is 19.6 Å². The molecule has 0 N–H and O–H groups in total. The molecule has 0 bridgehead atoms. The average molecular weight is 819 g/mol. The summed E-state index contributed by atoms with van der Waals surface area (Å²) in [5.74, 6) is 0. The first-order valence-electron chi connectivity index (χ1n) is 22.6.